The first kappa shape index (κ1) is 16.2. The van der Waals surface area contributed by atoms with Crippen LogP contribution in [0.25, 0.3) is 0 Å². The zero-order valence-corrected chi connectivity index (χ0v) is 14.1. The molecule has 1 N–H and O–H groups in total. The molecule has 0 saturated carbocycles. The number of nitrogens with one attached hydrogen (secondary N) is 1. The van der Waals surface area contributed by atoms with Crippen molar-refractivity contribution in [2.45, 2.75) is 40.2 Å². The fourth-order valence-electron chi connectivity index (χ4n) is 3.41. The van der Waals surface area contributed by atoms with Crippen LogP contribution in [0.5, 0.6) is 0 Å². The molecule has 1 aliphatic heterocycles. The fraction of sp³-hybridized carbons (Fsp3) is 0.667. The summed E-state index contributed by atoms with van der Waals surface area (Å²) in [7, 11) is 0. The van der Waals surface area contributed by atoms with Gasteiger partial charge >= 0.3 is 0 Å². The lowest BCUT2D eigenvalue weighted by Gasteiger charge is -2.38. The number of rotatable bonds is 6. The number of piperidine rings is 1. The maximum Gasteiger partial charge on any atom is 0.0367 e. The highest BCUT2D eigenvalue weighted by Crippen LogP contribution is 2.25. The molecule has 1 aromatic rings. The van der Waals surface area contributed by atoms with Gasteiger partial charge in [-0.2, -0.15) is 0 Å². The number of hydrogen-bond donors (Lipinski definition) is 1. The van der Waals surface area contributed by atoms with Gasteiger partial charge in [-0.05, 0) is 57.0 Å². The van der Waals surface area contributed by atoms with Crippen LogP contribution in [0.1, 0.15) is 34.1 Å². The Labute approximate surface area is 130 Å². The van der Waals surface area contributed by atoms with Crippen molar-refractivity contribution in [3.05, 3.63) is 24.3 Å². The first-order valence-corrected chi connectivity index (χ1v) is 8.52. The van der Waals surface area contributed by atoms with Crippen LogP contribution in [0.3, 0.4) is 0 Å². The van der Waals surface area contributed by atoms with Gasteiger partial charge in [0.2, 0.25) is 0 Å². The number of anilines is 2. The summed E-state index contributed by atoms with van der Waals surface area (Å²) in [6, 6.07) is 9.79. The third-order valence-electron chi connectivity index (χ3n) is 4.72. The van der Waals surface area contributed by atoms with Gasteiger partial charge in [-0.3, -0.25) is 0 Å². The molecular weight excluding hydrogens is 258 g/mol. The number of nitrogens with zero attached hydrogens (tertiary/aromatic N) is 2. The van der Waals surface area contributed by atoms with E-state index in [1.165, 1.54) is 17.8 Å². The summed E-state index contributed by atoms with van der Waals surface area (Å²) in [5.74, 6) is 0.709. The minimum absolute atomic E-state index is 0.682. The van der Waals surface area contributed by atoms with E-state index in [1.807, 2.05) is 0 Å². The Kier molecular flexibility index (Phi) is 5.92. The van der Waals surface area contributed by atoms with Crippen LogP contribution in [-0.2, 0) is 0 Å². The zero-order valence-electron chi connectivity index (χ0n) is 14.1. The van der Waals surface area contributed by atoms with E-state index < -0.39 is 0 Å². The molecule has 3 nitrogen and oxygen atoms in total. The van der Waals surface area contributed by atoms with Gasteiger partial charge in [0, 0.05) is 43.6 Å². The predicted molar refractivity (Wildman–Crippen MR) is 93.5 cm³/mol. The van der Waals surface area contributed by atoms with Crippen molar-refractivity contribution >= 4 is 11.4 Å². The van der Waals surface area contributed by atoms with Crippen LogP contribution < -0.4 is 15.1 Å². The first-order chi connectivity index (χ1) is 10.2. The predicted octanol–water partition coefficient (Wildman–Crippen LogP) is 3.36. The second-order valence-electron chi connectivity index (χ2n) is 6.06. The lowest BCUT2D eigenvalue weighted by Crippen LogP contribution is -2.48. The van der Waals surface area contributed by atoms with E-state index in [1.54, 1.807) is 0 Å². The Morgan fingerprint density at radius 2 is 1.81 bits per heavy atom. The van der Waals surface area contributed by atoms with Gasteiger partial charge in [0.15, 0.2) is 0 Å². The van der Waals surface area contributed by atoms with Gasteiger partial charge in [-0.15, -0.1) is 0 Å². The zero-order chi connectivity index (χ0) is 15.2. The molecule has 1 aromatic carbocycles. The molecule has 1 heterocycles. The van der Waals surface area contributed by atoms with Crippen LogP contribution in [-0.4, -0.2) is 38.8 Å². The number of hydrogen-bond acceptors (Lipinski definition) is 3. The molecule has 0 amide bonds. The van der Waals surface area contributed by atoms with Crippen LogP contribution >= 0.6 is 0 Å². The third kappa shape index (κ3) is 3.91. The maximum absolute atomic E-state index is 3.61. The standard InChI is InChI=1S/C18H31N3/c1-5-19-18-12-13-21(14-15(18)4)17-10-8-16(9-11-17)20(6-2)7-3/h8-11,15,18-19H,5-7,12-14H2,1-4H3. The van der Waals surface area contributed by atoms with Crippen molar-refractivity contribution in [2.24, 2.45) is 5.92 Å². The molecule has 0 spiro atoms. The Balaban J connectivity index is 2.00. The Bertz CT molecular complexity index is 411. The van der Waals surface area contributed by atoms with Gasteiger partial charge < -0.3 is 15.1 Å². The molecule has 1 saturated heterocycles. The lowest BCUT2D eigenvalue weighted by atomic mass is 9.93. The molecule has 21 heavy (non-hydrogen) atoms. The first-order valence-electron chi connectivity index (χ1n) is 8.52. The molecule has 118 valence electrons. The molecule has 0 aliphatic carbocycles. The maximum atomic E-state index is 3.61. The summed E-state index contributed by atoms with van der Waals surface area (Å²) >= 11 is 0. The molecule has 2 atom stereocenters. The molecule has 3 heteroatoms. The highest BCUT2D eigenvalue weighted by atomic mass is 15.2. The van der Waals surface area contributed by atoms with E-state index in [4.69, 9.17) is 0 Å². The van der Waals surface area contributed by atoms with E-state index in [-0.39, 0.29) is 0 Å². The third-order valence-corrected chi connectivity index (χ3v) is 4.72. The SMILES string of the molecule is CCNC1CCN(c2ccc(N(CC)CC)cc2)CC1C. The smallest absolute Gasteiger partial charge is 0.0367 e. The second kappa shape index (κ2) is 7.69. The summed E-state index contributed by atoms with van der Waals surface area (Å²) in [6.45, 7) is 14.5. The summed E-state index contributed by atoms with van der Waals surface area (Å²) < 4.78 is 0. The summed E-state index contributed by atoms with van der Waals surface area (Å²) in [4.78, 5) is 4.92. The Morgan fingerprint density at radius 3 is 2.33 bits per heavy atom. The highest BCUT2D eigenvalue weighted by molar-refractivity contribution is 5.56. The molecule has 0 aromatic heterocycles. The van der Waals surface area contributed by atoms with Gasteiger partial charge in [0.25, 0.3) is 0 Å². The van der Waals surface area contributed by atoms with Gasteiger partial charge in [0.1, 0.15) is 0 Å². The van der Waals surface area contributed by atoms with Crippen LogP contribution in [0.2, 0.25) is 0 Å². The molecular formula is C18H31N3. The van der Waals surface area contributed by atoms with E-state index in [0.717, 1.165) is 32.7 Å². The van der Waals surface area contributed by atoms with E-state index in [9.17, 15) is 0 Å². The molecule has 2 unspecified atom stereocenters. The van der Waals surface area contributed by atoms with E-state index in [0.29, 0.717) is 12.0 Å². The van der Waals surface area contributed by atoms with Crippen LogP contribution in [0.15, 0.2) is 24.3 Å². The molecule has 0 bridgehead atoms. The van der Waals surface area contributed by atoms with E-state index >= 15 is 0 Å². The number of benzene rings is 1. The van der Waals surface area contributed by atoms with Crippen molar-refractivity contribution in [1.82, 2.24) is 5.32 Å². The molecule has 1 aliphatic rings. The highest BCUT2D eigenvalue weighted by Gasteiger charge is 2.25. The largest absolute Gasteiger partial charge is 0.372 e. The normalized spacial score (nSPS) is 22.4. The van der Waals surface area contributed by atoms with Crippen molar-refractivity contribution in [1.29, 1.82) is 0 Å². The Hall–Kier alpha value is -1.22. The quantitative estimate of drug-likeness (QED) is 0.866. The monoisotopic (exact) mass is 289 g/mol. The Morgan fingerprint density at radius 1 is 1.14 bits per heavy atom. The summed E-state index contributed by atoms with van der Waals surface area (Å²) in [5, 5.41) is 3.61. The molecule has 2 rings (SSSR count). The van der Waals surface area contributed by atoms with Crippen LogP contribution in [0.4, 0.5) is 11.4 Å². The second-order valence-corrected chi connectivity index (χ2v) is 6.06. The minimum atomic E-state index is 0.682. The lowest BCUT2D eigenvalue weighted by molar-refractivity contribution is 0.327. The van der Waals surface area contributed by atoms with E-state index in [2.05, 4.69) is 67.1 Å². The summed E-state index contributed by atoms with van der Waals surface area (Å²) in [6.07, 6.45) is 1.24. The van der Waals surface area contributed by atoms with Gasteiger partial charge in [-0.25, -0.2) is 0 Å². The summed E-state index contributed by atoms with van der Waals surface area (Å²) in [5.41, 5.74) is 2.70. The topological polar surface area (TPSA) is 18.5 Å². The fourth-order valence-corrected chi connectivity index (χ4v) is 3.41. The van der Waals surface area contributed by atoms with Crippen LogP contribution in [0, 0.1) is 5.92 Å². The van der Waals surface area contributed by atoms with Crippen molar-refractivity contribution in [2.75, 3.05) is 42.5 Å². The average molecular weight is 289 g/mol. The van der Waals surface area contributed by atoms with Crippen molar-refractivity contribution in [3.63, 3.8) is 0 Å². The van der Waals surface area contributed by atoms with Crippen molar-refractivity contribution < 1.29 is 0 Å². The molecule has 1 fully saturated rings. The van der Waals surface area contributed by atoms with Crippen molar-refractivity contribution in [3.8, 4) is 0 Å². The average Bonchev–Trinajstić information content (AvgIpc) is 2.51. The molecule has 0 radical (unpaired) electrons. The van der Waals surface area contributed by atoms with Gasteiger partial charge in [-0.1, -0.05) is 13.8 Å². The minimum Gasteiger partial charge on any atom is -0.372 e. The van der Waals surface area contributed by atoms with Gasteiger partial charge in [0.05, 0.1) is 0 Å².